The predicted octanol–water partition coefficient (Wildman–Crippen LogP) is 3.81. The fourth-order valence-corrected chi connectivity index (χ4v) is 1.88. The van der Waals surface area contributed by atoms with E-state index >= 15 is 0 Å². The van der Waals surface area contributed by atoms with Crippen LogP contribution in [-0.4, -0.2) is 7.11 Å². The topological polar surface area (TPSA) is 9.23 Å². The van der Waals surface area contributed by atoms with Crippen molar-refractivity contribution in [3.05, 3.63) is 28.8 Å². The van der Waals surface area contributed by atoms with Crippen molar-refractivity contribution >= 4 is 0 Å². The lowest BCUT2D eigenvalue weighted by atomic mass is 9.98. The molecule has 0 radical (unpaired) electrons. The van der Waals surface area contributed by atoms with Crippen molar-refractivity contribution < 1.29 is 13.5 Å². The van der Waals surface area contributed by atoms with Crippen LogP contribution in [0.5, 0.6) is 5.75 Å². The van der Waals surface area contributed by atoms with Crippen LogP contribution in [0.25, 0.3) is 0 Å². The Morgan fingerprint density at radius 2 is 1.75 bits per heavy atom. The number of ether oxygens (including phenoxy) is 1. The monoisotopic (exact) mass is 226 g/mol. The molecule has 1 nitrogen and oxygen atoms in total. The van der Waals surface area contributed by atoms with Gasteiger partial charge in [-0.15, -0.1) is 0 Å². The summed E-state index contributed by atoms with van der Waals surface area (Å²) in [6.07, 6.45) is 1.23. The highest BCUT2D eigenvalue weighted by Crippen LogP contribution is 2.52. The van der Waals surface area contributed by atoms with Gasteiger partial charge >= 0.3 is 0 Å². The molecule has 0 aliphatic heterocycles. The van der Waals surface area contributed by atoms with Gasteiger partial charge in [-0.05, 0) is 49.9 Å². The van der Waals surface area contributed by atoms with Gasteiger partial charge in [0.2, 0.25) is 0 Å². The summed E-state index contributed by atoms with van der Waals surface area (Å²) in [6, 6.07) is 3.26. The van der Waals surface area contributed by atoms with Crippen LogP contribution in [0.1, 0.15) is 29.5 Å². The molecule has 0 atom stereocenters. The summed E-state index contributed by atoms with van der Waals surface area (Å²) in [4.78, 5) is 0. The zero-order valence-corrected chi connectivity index (χ0v) is 9.81. The van der Waals surface area contributed by atoms with Gasteiger partial charge in [0.1, 0.15) is 5.75 Å². The Labute approximate surface area is 94.4 Å². The van der Waals surface area contributed by atoms with E-state index in [9.17, 15) is 8.78 Å². The average Bonchev–Trinajstić information content (AvgIpc) is 3.04. The zero-order valence-electron chi connectivity index (χ0n) is 9.81. The molecule has 1 saturated carbocycles. The second-order valence-electron chi connectivity index (χ2n) is 4.53. The van der Waals surface area contributed by atoms with E-state index in [-0.39, 0.29) is 5.56 Å². The summed E-state index contributed by atoms with van der Waals surface area (Å²) in [5.41, 5.74) is 1.91. The van der Waals surface area contributed by atoms with Crippen LogP contribution in [0.15, 0.2) is 12.1 Å². The summed E-state index contributed by atoms with van der Waals surface area (Å²) < 4.78 is 33.1. The first-order chi connectivity index (χ1) is 7.46. The van der Waals surface area contributed by atoms with E-state index in [1.54, 1.807) is 12.1 Å². The van der Waals surface area contributed by atoms with Crippen molar-refractivity contribution in [3.63, 3.8) is 0 Å². The third-order valence-corrected chi connectivity index (χ3v) is 3.27. The second kappa shape index (κ2) is 3.72. The molecule has 1 aliphatic rings. The molecular formula is C13H16F2O. The van der Waals surface area contributed by atoms with Gasteiger partial charge in [0.15, 0.2) is 0 Å². The Hall–Kier alpha value is -1.12. The van der Waals surface area contributed by atoms with E-state index < -0.39 is 11.8 Å². The number of aryl methyl sites for hydroxylation is 2. The Balaban J connectivity index is 2.49. The first-order valence-corrected chi connectivity index (χ1v) is 5.50. The number of hydrogen-bond donors (Lipinski definition) is 0. The SMILES string of the molecule is COc1cc(C)c(C)cc1C(F)(F)C1CC1. The zero-order chi connectivity index (χ0) is 11.9. The predicted molar refractivity (Wildman–Crippen MR) is 59.1 cm³/mol. The van der Waals surface area contributed by atoms with Crippen LogP contribution >= 0.6 is 0 Å². The lowest BCUT2D eigenvalue weighted by molar-refractivity contribution is -0.0305. The smallest absolute Gasteiger partial charge is 0.279 e. The molecule has 0 bridgehead atoms. The molecule has 0 spiro atoms. The van der Waals surface area contributed by atoms with Gasteiger partial charge in [0, 0.05) is 5.92 Å². The van der Waals surface area contributed by atoms with Crippen LogP contribution in [0, 0.1) is 19.8 Å². The minimum atomic E-state index is -2.75. The molecule has 2 rings (SSSR count). The van der Waals surface area contributed by atoms with Crippen molar-refractivity contribution in [2.45, 2.75) is 32.6 Å². The highest BCUT2D eigenvalue weighted by molar-refractivity contribution is 5.44. The molecule has 16 heavy (non-hydrogen) atoms. The summed E-state index contributed by atoms with van der Waals surface area (Å²) in [5, 5.41) is 0. The fraction of sp³-hybridized carbons (Fsp3) is 0.538. The van der Waals surface area contributed by atoms with Crippen molar-refractivity contribution in [1.82, 2.24) is 0 Å². The van der Waals surface area contributed by atoms with E-state index in [0.29, 0.717) is 18.6 Å². The molecule has 0 N–H and O–H groups in total. The molecule has 0 heterocycles. The number of alkyl halides is 2. The maximum atomic E-state index is 14.0. The summed E-state index contributed by atoms with van der Waals surface area (Å²) >= 11 is 0. The number of hydrogen-bond acceptors (Lipinski definition) is 1. The molecule has 1 fully saturated rings. The molecule has 0 saturated heterocycles. The van der Waals surface area contributed by atoms with Crippen LogP contribution in [0.2, 0.25) is 0 Å². The van der Waals surface area contributed by atoms with Gasteiger partial charge in [-0.2, -0.15) is 0 Å². The van der Waals surface area contributed by atoms with Gasteiger partial charge in [-0.1, -0.05) is 0 Å². The Morgan fingerprint density at radius 1 is 1.19 bits per heavy atom. The van der Waals surface area contributed by atoms with E-state index in [4.69, 9.17) is 4.74 Å². The summed E-state index contributed by atoms with van der Waals surface area (Å²) in [5.74, 6) is -2.94. The number of methoxy groups -OCH3 is 1. The molecule has 0 unspecified atom stereocenters. The molecule has 1 aromatic rings. The summed E-state index contributed by atoms with van der Waals surface area (Å²) in [7, 11) is 1.44. The quantitative estimate of drug-likeness (QED) is 0.761. The van der Waals surface area contributed by atoms with Crippen molar-refractivity contribution in [3.8, 4) is 5.75 Å². The standard InChI is InChI=1S/C13H16F2O/c1-8-6-11(12(16-3)7-9(8)2)13(14,15)10-4-5-10/h6-7,10H,4-5H2,1-3H3. The maximum absolute atomic E-state index is 14.0. The molecular weight excluding hydrogens is 210 g/mol. The van der Waals surface area contributed by atoms with Crippen LogP contribution in [-0.2, 0) is 5.92 Å². The average molecular weight is 226 g/mol. The first kappa shape index (κ1) is 11.4. The highest BCUT2D eigenvalue weighted by atomic mass is 19.3. The number of benzene rings is 1. The molecule has 0 aromatic heterocycles. The fourth-order valence-electron chi connectivity index (χ4n) is 1.88. The molecule has 88 valence electrons. The van der Waals surface area contributed by atoms with Gasteiger partial charge in [0.05, 0.1) is 12.7 Å². The Kier molecular flexibility index (Phi) is 2.64. The van der Waals surface area contributed by atoms with Gasteiger partial charge < -0.3 is 4.74 Å². The van der Waals surface area contributed by atoms with Gasteiger partial charge in [0.25, 0.3) is 5.92 Å². The van der Waals surface area contributed by atoms with E-state index in [2.05, 4.69) is 0 Å². The third-order valence-electron chi connectivity index (χ3n) is 3.27. The van der Waals surface area contributed by atoms with Crippen LogP contribution in [0.3, 0.4) is 0 Å². The van der Waals surface area contributed by atoms with Gasteiger partial charge in [-0.25, -0.2) is 8.78 Å². The van der Waals surface area contributed by atoms with Crippen molar-refractivity contribution in [1.29, 1.82) is 0 Å². The minimum Gasteiger partial charge on any atom is -0.496 e. The van der Waals surface area contributed by atoms with E-state index in [1.165, 1.54) is 7.11 Å². The van der Waals surface area contributed by atoms with Gasteiger partial charge in [-0.3, -0.25) is 0 Å². The lowest BCUT2D eigenvalue weighted by Crippen LogP contribution is -2.17. The largest absolute Gasteiger partial charge is 0.496 e. The Morgan fingerprint density at radius 3 is 2.25 bits per heavy atom. The first-order valence-electron chi connectivity index (χ1n) is 5.50. The van der Waals surface area contributed by atoms with Crippen LogP contribution in [0.4, 0.5) is 8.78 Å². The Bertz CT molecular complexity index is 409. The normalized spacial score (nSPS) is 16.3. The minimum absolute atomic E-state index is 0.0422. The van der Waals surface area contributed by atoms with Crippen molar-refractivity contribution in [2.75, 3.05) is 7.11 Å². The number of halogens is 2. The molecule has 0 amide bonds. The van der Waals surface area contributed by atoms with Crippen LogP contribution < -0.4 is 4.74 Å². The maximum Gasteiger partial charge on any atom is 0.279 e. The van der Waals surface area contributed by atoms with E-state index in [0.717, 1.165) is 11.1 Å². The highest BCUT2D eigenvalue weighted by Gasteiger charge is 2.49. The molecule has 1 aromatic carbocycles. The lowest BCUT2D eigenvalue weighted by Gasteiger charge is -2.20. The summed E-state index contributed by atoms with van der Waals surface area (Å²) in [6.45, 7) is 3.75. The molecule has 1 aliphatic carbocycles. The third kappa shape index (κ3) is 1.79. The van der Waals surface area contributed by atoms with E-state index in [1.807, 2.05) is 13.8 Å². The number of rotatable bonds is 3. The molecule has 3 heteroatoms. The van der Waals surface area contributed by atoms with Crippen molar-refractivity contribution in [2.24, 2.45) is 5.92 Å². The second-order valence-corrected chi connectivity index (χ2v) is 4.53.